The van der Waals surface area contributed by atoms with Gasteiger partial charge in [0.15, 0.2) is 5.13 Å². The first-order chi connectivity index (χ1) is 19.1. The minimum atomic E-state index is -0.375. The van der Waals surface area contributed by atoms with Gasteiger partial charge in [-0.3, -0.25) is 14.4 Å². The fraction of sp³-hybridized carbons (Fsp3) is 0.233. The van der Waals surface area contributed by atoms with Crippen LogP contribution in [0.4, 0.5) is 10.9 Å². The van der Waals surface area contributed by atoms with E-state index >= 15 is 0 Å². The molecule has 0 atom stereocenters. The van der Waals surface area contributed by atoms with Gasteiger partial charge in [-0.15, -0.1) is 11.3 Å². The molecule has 4 N–H and O–H groups in total. The number of aromatic nitrogens is 2. The van der Waals surface area contributed by atoms with Gasteiger partial charge in [-0.05, 0) is 47.0 Å². The van der Waals surface area contributed by atoms with Crippen molar-refractivity contribution < 1.29 is 14.4 Å². The summed E-state index contributed by atoms with van der Waals surface area (Å²) in [6, 6.07) is 18.8. The van der Waals surface area contributed by atoms with Gasteiger partial charge in [0.25, 0.3) is 5.91 Å². The molecule has 2 aromatic carbocycles. The van der Waals surface area contributed by atoms with Crippen LogP contribution in [0.15, 0.2) is 72.2 Å². The summed E-state index contributed by atoms with van der Waals surface area (Å²) in [6.45, 7) is 5.78. The van der Waals surface area contributed by atoms with Gasteiger partial charge >= 0.3 is 0 Å². The van der Waals surface area contributed by atoms with Crippen molar-refractivity contribution in [3.05, 3.63) is 83.4 Å². The van der Waals surface area contributed by atoms with E-state index < -0.39 is 0 Å². The maximum atomic E-state index is 12.6. The fourth-order valence-corrected chi connectivity index (χ4v) is 4.63. The van der Waals surface area contributed by atoms with Crippen LogP contribution in [0, 0.1) is 0 Å². The van der Waals surface area contributed by atoms with Crippen LogP contribution in [0.1, 0.15) is 36.7 Å². The number of nitrogens with two attached hydrogens (primary N) is 1. The number of hydrogen-bond acceptors (Lipinski definition) is 7. The van der Waals surface area contributed by atoms with Crippen molar-refractivity contribution in [3.8, 4) is 22.4 Å². The van der Waals surface area contributed by atoms with Crippen LogP contribution in [0.3, 0.4) is 0 Å². The number of carbonyl (C=O) groups is 3. The van der Waals surface area contributed by atoms with E-state index in [1.165, 1.54) is 23.2 Å². The van der Waals surface area contributed by atoms with Crippen LogP contribution in [-0.2, 0) is 15.0 Å². The zero-order valence-corrected chi connectivity index (χ0v) is 23.7. The third kappa shape index (κ3) is 6.77. The second-order valence-electron chi connectivity index (χ2n) is 10.00. The Hall–Kier alpha value is -4.41. The summed E-state index contributed by atoms with van der Waals surface area (Å²) in [5.74, 6) is -0.250. The molecular formula is C30H32N6O3S. The number of thiazole rings is 1. The molecule has 0 radical (unpaired) electrons. The molecule has 3 amide bonds. The topological polar surface area (TPSA) is 130 Å². The van der Waals surface area contributed by atoms with Gasteiger partial charge in [0.2, 0.25) is 11.8 Å². The van der Waals surface area contributed by atoms with E-state index in [9.17, 15) is 14.4 Å². The zero-order valence-electron chi connectivity index (χ0n) is 22.9. The number of nitrogens with zero attached hydrogens (tertiary/aromatic N) is 3. The highest BCUT2D eigenvalue weighted by atomic mass is 32.1. The molecular weight excluding hydrogens is 524 g/mol. The first kappa shape index (κ1) is 28.6. The number of pyridine rings is 1. The van der Waals surface area contributed by atoms with Crippen molar-refractivity contribution in [2.75, 3.05) is 30.4 Å². The Morgan fingerprint density at radius 2 is 1.73 bits per heavy atom. The van der Waals surface area contributed by atoms with Crippen LogP contribution in [0.2, 0.25) is 0 Å². The molecule has 0 unspecified atom stereocenters. The number of nitrogens with one attached hydrogen (secondary N) is 2. The Morgan fingerprint density at radius 1 is 1.00 bits per heavy atom. The molecule has 40 heavy (non-hydrogen) atoms. The number of amides is 3. The Bertz CT molecular complexity index is 1550. The average Bonchev–Trinajstić information content (AvgIpc) is 3.44. The van der Waals surface area contributed by atoms with E-state index in [4.69, 9.17) is 5.73 Å². The molecule has 0 saturated carbocycles. The minimum absolute atomic E-state index is 0.101. The SMILES string of the molecule is CC(=O)N(C)c1cc(-c2cccc(-c3csc(NC(=O)CNC(=O)c4cccc(C(C)(C)CN)c4)n3)c2)ccn1. The van der Waals surface area contributed by atoms with Crippen molar-refractivity contribution in [1.82, 2.24) is 15.3 Å². The van der Waals surface area contributed by atoms with Crippen molar-refractivity contribution in [1.29, 1.82) is 0 Å². The molecule has 0 spiro atoms. The summed E-state index contributed by atoms with van der Waals surface area (Å²) >= 11 is 1.30. The lowest BCUT2D eigenvalue weighted by Gasteiger charge is -2.23. The second kappa shape index (κ2) is 12.2. The molecule has 0 bridgehead atoms. The number of rotatable bonds is 9. The maximum Gasteiger partial charge on any atom is 0.251 e. The van der Waals surface area contributed by atoms with E-state index in [0.717, 1.165) is 22.3 Å². The lowest BCUT2D eigenvalue weighted by molar-refractivity contribution is -0.116. The van der Waals surface area contributed by atoms with Crippen molar-refractivity contribution >= 4 is 40.0 Å². The molecule has 0 aliphatic carbocycles. The van der Waals surface area contributed by atoms with Crippen LogP contribution in [0.5, 0.6) is 0 Å². The normalized spacial score (nSPS) is 11.1. The smallest absolute Gasteiger partial charge is 0.251 e. The fourth-order valence-electron chi connectivity index (χ4n) is 3.89. The van der Waals surface area contributed by atoms with E-state index in [1.807, 2.05) is 67.8 Å². The lowest BCUT2D eigenvalue weighted by Crippen LogP contribution is -2.33. The highest BCUT2D eigenvalue weighted by molar-refractivity contribution is 7.14. The summed E-state index contributed by atoms with van der Waals surface area (Å²) in [7, 11) is 1.68. The van der Waals surface area contributed by atoms with E-state index in [1.54, 1.807) is 25.4 Å². The van der Waals surface area contributed by atoms with Crippen LogP contribution in [-0.4, -0.2) is 47.8 Å². The molecule has 0 aliphatic rings. The highest BCUT2D eigenvalue weighted by Gasteiger charge is 2.20. The third-order valence-corrected chi connectivity index (χ3v) is 7.39. The summed E-state index contributed by atoms with van der Waals surface area (Å²) in [5, 5.41) is 7.71. The van der Waals surface area contributed by atoms with Gasteiger partial charge < -0.3 is 21.3 Å². The average molecular weight is 557 g/mol. The Morgan fingerprint density at radius 3 is 2.48 bits per heavy atom. The molecule has 4 aromatic rings. The molecule has 206 valence electrons. The largest absolute Gasteiger partial charge is 0.343 e. The molecule has 0 saturated heterocycles. The quantitative estimate of drug-likeness (QED) is 0.279. The first-order valence-electron chi connectivity index (χ1n) is 12.7. The van der Waals surface area contributed by atoms with Crippen molar-refractivity contribution in [3.63, 3.8) is 0 Å². The van der Waals surface area contributed by atoms with Gasteiger partial charge in [-0.2, -0.15) is 0 Å². The number of anilines is 2. The number of benzene rings is 2. The molecule has 9 nitrogen and oxygen atoms in total. The van der Waals surface area contributed by atoms with Gasteiger partial charge in [-0.1, -0.05) is 44.2 Å². The van der Waals surface area contributed by atoms with Gasteiger partial charge in [0, 0.05) is 48.6 Å². The van der Waals surface area contributed by atoms with E-state index in [2.05, 4.69) is 20.6 Å². The van der Waals surface area contributed by atoms with Gasteiger partial charge in [0.05, 0.1) is 12.2 Å². The van der Waals surface area contributed by atoms with Crippen LogP contribution in [0.25, 0.3) is 22.4 Å². The molecule has 0 aliphatic heterocycles. The molecule has 0 fully saturated rings. The monoisotopic (exact) mass is 556 g/mol. The molecule has 10 heteroatoms. The molecule has 2 heterocycles. The van der Waals surface area contributed by atoms with Crippen LogP contribution < -0.4 is 21.3 Å². The third-order valence-electron chi connectivity index (χ3n) is 6.63. The molecule has 2 aromatic heterocycles. The maximum absolute atomic E-state index is 12.6. The molecule has 4 rings (SSSR count). The highest BCUT2D eigenvalue weighted by Crippen LogP contribution is 2.30. The summed E-state index contributed by atoms with van der Waals surface area (Å²) in [5.41, 5.74) is 10.5. The van der Waals surface area contributed by atoms with Crippen molar-refractivity contribution in [2.45, 2.75) is 26.2 Å². The summed E-state index contributed by atoms with van der Waals surface area (Å²) < 4.78 is 0. The number of carbonyl (C=O) groups excluding carboxylic acids is 3. The van der Waals surface area contributed by atoms with Crippen molar-refractivity contribution in [2.24, 2.45) is 5.73 Å². The first-order valence-corrected chi connectivity index (χ1v) is 13.6. The lowest BCUT2D eigenvalue weighted by atomic mass is 9.84. The Labute approximate surface area is 237 Å². The van der Waals surface area contributed by atoms with Crippen LogP contribution >= 0.6 is 11.3 Å². The Balaban J connectivity index is 1.39. The predicted molar refractivity (Wildman–Crippen MR) is 159 cm³/mol. The van der Waals surface area contributed by atoms with Gasteiger partial charge in [-0.25, -0.2) is 9.97 Å². The Kier molecular flexibility index (Phi) is 8.71. The standard InChI is InChI=1S/C30H32N6O3S/c1-19(37)36(4)26-15-21(11-12-32-26)20-7-5-8-22(13-20)25-17-40-29(34-25)35-27(38)16-33-28(39)23-9-6-10-24(14-23)30(2,3)18-31/h5-15,17H,16,18,31H2,1-4H3,(H,33,39)(H,34,35,38). The van der Waals surface area contributed by atoms with Gasteiger partial charge in [0.1, 0.15) is 5.82 Å². The minimum Gasteiger partial charge on any atom is -0.343 e. The van der Waals surface area contributed by atoms with E-state index in [0.29, 0.717) is 28.8 Å². The predicted octanol–water partition coefficient (Wildman–Crippen LogP) is 4.46. The summed E-state index contributed by atoms with van der Waals surface area (Å²) in [6.07, 6.45) is 1.67. The zero-order chi connectivity index (χ0) is 28.9. The second-order valence-corrected chi connectivity index (χ2v) is 10.9. The number of hydrogen-bond donors (Lipinski definition) is 3. The summed E-state index contributed by atoms with van der Waals surface area (Å²) in [4.78, 5) is 47.2. The van der Waals surface area contributed by atoms with E-state index in [-0.39, 0.29) is 29.7 Å².